The molecule has 0 radical (unpaired) electrons. The van der Waals surface area contributed by atoms with Crippen molar-refractivity contribution in [1.29, 1.82) is 0 Å². The van der Waals surface area contributed by atoms with Gasteiger partial charge in [-0.25, -0.2) is 0 Å². The van der Waals surface area contributed by atoms with Gasteiger partial charge >= 0.3 is 0 Å². The molecule has 7 nitrogen and oxygen atoms in total. The lowest BCUT2D eigenvalue weighted by Crippen LogP contribution is -2.44. The first-order valence-corrected chi connectivity index (χ1v) is 13.2. The van der Waals surface area contributed by atoms with Gasteiger partial charge in [-0.1, -0.05) is 60.3 Å². The van der Waals surface area contributed by atoms with Crippen LogP contribution in [0.3, 0.4) is 0 Å². The molecule has 0 unspecified atom stereocenters. The van der Waals surface area contributed by atoms with Crippen molar-refractivity contribution in [2.45, 2.75) is 22.1 Å². The summed E-state index contributed by atoms with van der Waals surface area (Å²) in [6.07, 6.45) is 1.35. The van der Waals surface area contributed by atoms with Crippen molar-refractivity contribution in [3.8, 4) is 17.2 Å². The number of nitrogens with zero attached hydrogens (tertiary/aromatic N) is 1. The van der Waals surface area contributed by atoms with Crippen LogP contribution in [0.25, 0.3) is 5.70 Å². The highest BCUT2D eigenvalue weighted by Gasteiger charge is 2.41. The van der Waals surface area contributed by atoms with Crippen LogP contribution in [-0.4, -0.2) is 25.2 Å². The number of aromatic carboxylic acids is 1. The van der Waals surface area contributed by atoms with Crippen LogP contribution in [0.1, 0.15) is 39.3 Å². The maximum Gasteiger partial charge on any atom is 0.196 e. The van der Waals surface area contributed by atoms with E-state index in [1.54, 1.807) is 23.9 Å². The molecule has 0 spiro atoms. The van der Waals surface area contributed by atoms with Gasteiger partial charge in [0.2, 0.25) is 0 Å². The highest BCUT2D eigenvalue weighted by molar-refractivity contribution is 7.99. The summed E-state index contributed by atoms with van der Waals surface area (Å²) in [5, 5.41) is 14.3. The molecule has 39 heavy (non-hydrogen) atoms. The summed E-state index contributed by atoms with van der Waals surface area (Å²) < 4.78 is 17.2. The fourth-order valence-corrected chi connectivity index (χ4v) is 5.83. The second-order valence-corrected chi connectivity index (χ2v) is 10.2. The zero-order valence-electron chi connectivity index (χ0n) is 21.3. The first kappa shape index (κ1) is 24.9. The molecule has 1 N–H and O–H groups in total. The summed E-state index contributed by atoms with van der Waals surface area (Å²) in [5.41, 5.74) is 6.64. The van der Waals surface area contributed by atoms with Crippen molar-refractivity contribution in [3.05, 3.63) is 119 Å². The van der Waals surface area contributed by atoms with Crippen molar-refractivity contribution in [1.82, 2.24) is 10.4 Å². The number of carboxylic acid groups (broad SMARTS) is 1. The Balaban J connectivity index is 1.36. The van der Waals surface area contributed by atoms with Crippen LogP contribution in [0.4, 0.5) is 0 Å². The molecule has 0 saturated carbocycles. The average molecular weight is 538 g/mol. The Kier molecular flexibility index (Phi) is 6.64. The molecule has 4 aromatic carbocycles. The Morgan fingerprint density at radius 3 is 2.31 bits per heavy atom. The lowest BCUT2D eigenvalue weighted by atomic mass is 9.98. The summed E-state index contributed by atoms with van der Waals surface area (Å²) in [7, 11) is 2.86. The molecular formula is C31H25N2O5S-. The second-order valence-electron chi connectivity index (χ2n) is 9.04. The zero-order chi connectivity index (χ0) is 26.9. The maximum absolute atomic E-state index is 12.3. The maximum atomic E-state index is 12.3. The highest BCUT2D eigenvalue weighted by atomic mass is 32.2. The number of carbonyl (C=O) groups is 1. The molecule has 6 rings (SSSR count). The normalized spacial score (nSPS) is 17.7. The van der Waals surface area contributed by atoms with Crippen molar-refractivity contribution >= 4 is 23.4 Å². The third-order valence-electron chi connectivity index (χ3n) is 6.79. The predicted molar refractivity (Wildman–Crippen MR) is 146 cm³/mol. The van der Waals surface area contributed by atoms with Gasteiger partial charge in [0.05, 0.1) is 37.5 Å². The molecule has 4 aromatic rings. The summed E-state index contributed by atoms with van der Waals surface area (Å²) in [5.74, 6) is -0.307. The van der Waals surface area contributed by atoms with Crippen LogP contribution in [0.15, 0.2) is 107 Å². The molecule has 0 aromatic heterocycles. The Hall–Kier alpha value is -4.40. The minimum Gasteiger partial charge on any atom is -0.545 e. The highest BCUT2D eigenvalue weighted by Crippen LogP contribution is 2.48. The quantitative estimate of drug-likeness (QED) is 0.344. The number of carboxylic acids is 1. The van der Waals surface area contributed by atoms with E-state index >= 15 is 0 Å². The van der Waals surface area contributed by atoms with Crippen LogP contribution < -0.4 is 24.7 Å². The van der Waals surface area contributed by atoms with Gasteiger partial charge in [0.15, 0.2) is 17.7 Å². The van der Waals surface area contributed by atoms with Crippen LogP contribution in [0.5, 0.6) is 17.2 Å². The Morgan fingerprint density at radius 2 is 1.59 bits per heavy atom. The SMILES string of the molecule is COc1ccc([C@@H]2Oc3ccccc3[C@H]3C=C(c4ccc(Sc5ccccc5)cc4)NN32)c(C(=O)[O-])c1OC. The smallest absolute Gasteiger partial charge is 0.196 e. The molecule has 0 bridgehead atoms. The Bertz CT molecular complexity index is 1560. The van der Waals surface area contributed by atoms with E-state index in [1.807, 2.05) is 47.5 Å². The van der Waals surface area contributed by atoms with Crippen LogP contribution in [0.2, 0.25) is 0 Å². The van der Waals surface area contributed by atoms with Crippen molar-refractivity contribution in [3.63, 3.8) is 0 Å². The van der Waals surface area contributed by atoms with E-state index in [0.29, 0.717) is 17.1 Å². The van der Waals surface area contributed by atoms with E-state index < -0.39 is 12.2 Å². The molecule has 0 saturated heterocycles. The Morgan fingerprint density at radius 1 is 0.872 bits per heavy atom. The van der Waals surface area contributed by atoms with Gasteiger partial charge in [-0.15, -0.1) is 0 Å². The number of benzene rings is 4. The van der Waals surface area contributed by atoms with Gasteiger partial charge in [0.25, 0.3) is 0 Å². The molecule has 2 aliphatic heterocycles. The van der Waals surface area contributed by atoms with E-state index in [2.05, 4.69) is 47.9 Å². The largest absolute Gasteiger partial charge is 0.545 e. The minimum absolute atomic E-state index is 0.0906. The topological polar surface area (TPSA) is 83.1 Å². The average Bonchev–Trinajstić information content (AvgIpc) is 3.43. The van der Waals surface area contributed by atoms with E-state index in [-0.39, 0.29) is 17.4 Å². The molecule has 2 heterocycles. The third-order valence-corrected chi connectivity index (χ3v) is 7.81. The molecular weight excluding hydrogens is 512 g/mol. The van der Waals surface area contributed by atoms with Crippen molar-refractivity contribution < 1.29 is 24.1 Å². The molecule has 2 atom stereocenters. The molecule has 2 aliphatic rings. The minimum atomic E-state index is -1.38. The van der Waals surface area contributed by atoms with E-state index in [9.17, 15) is 9.90 Å². The molecule has 0 aliphatic carbocycles. The predicted octanol–water partition coefficient (Wildman–Crippen LogP) is 5.21. The summed E-state index contributed by atoms with van der Waals surface area (Å²) in [6, 6.07) is 29.5. The number of ether oxygens (including phenoxy) is 3. The van der Waals surface area contributed by atoms with Gasteiger partial charge < -0.3 is 29.5 Å². The van der Waals surface area contributed by atoms with E-state index in [4.69, 9.17) is 14.2 Å². The number of hydrogen-bond acceptors (Lipinski definition) is 8. The second kappa shape index (κ2) is 10.4. The van der Waals surface area contributed by atoms with Crippen LogP contribution in [0, 0.1) is 0 Å². The zero-order valence-corrected chi connectivity index (χ0v) is 22.1. The molecule has 196 valence electrons. The van der Waals surface area contributed by atoms with Gasteiger partial charge in [-0.05, 0) is 54.1 Å². The Labute approximate surface area is 230 Å². The lowest BCUT2D eigenvalue weighted by molar-refractivity contribution is -0.255. The van der Waals surface area contributed by atoms with Gasteiger partial charge in [-0.2, -0.15) is 5.01 Å². The third kappa shape index (κ3) is 4.58. The number of para-hydroxylation sites is 1. The number of methoxy groups -OCH3 is 2. The monoisotopic (exact) mass is 537 g/mol. The molecule has 8 heteroatoms. The summed E-state index contributed by atoms with van der Waals surface area (Å²) in [4.78, 5) is 14.7. The van der Waals surface area contributed by atoms with Gasteiger partial charge in [-0.3, -0.25) is 0 Å². The number of nitrogens with one attached hydrogen (secondary N) is 1. The lowest BCUT2D eigenvalue weighted by Gasteiger charge is -2.39. The number of hydrazine groups is 1. The van der Waals surface area contributed by atoms with E-state index in [0.717, 1.165) is 21.7 Å². The number of rotatable bonds is 7. The fourth-order valence-electron chi connectivity index (χ4n) is 5.00. The fraction of sp³-hybridized carbons (Fsp3) is 0.129. The first-order chi connectivity index (χ1) is 19.1. The van der Waals surface area contributed by atoms with Gasteiger partial charge in [0, 0.05) is 20.9 Å². The van der Waals surface area contributed by atoms with Crippen molar-refractivity contribution in [2.75, 3.05) is 14.2 Å². The van der Waals surface area contributed by atoms with Crippen LogP contribution in [-0.2, 0) is 0 Å². The number of carbonyl (C=O) groups excluding carboxylic acids is 1. The number of hydrogen-bond donors (Lipinski definition) is 1. The summed E-state index contributed by atoms with van der Waals surface area (Å²) in [6.45, 7) is 0. The molecule has 0 fully saturated rings. The number of fused-ring (bicyclic) bond motifs is 3. The summed E-state index contributed by atoms with van der Waals surface area (Å²) >= 11 is 1.70. The first-order valence-electron chi connectivity index (χ1n) is 12.4. The van der Waals surface area contributed by atoms with Gasteiger partial charge in [0.1, 0.15) is 5.75 Å². The van der Waals surface area contributed by atoms with E-state index in [1.165, 1.54) is 19.1 Å². The molecule has 0 amide bonds. The van der Waals surface area contributed by atoms with Crippen LogP contribution >= 0.6 is 11.8 Å². The van der Waals surface area contributed by atoms with Crippen molar-refractivity contribution in [2.24, 2.45) is 0 Å². The standard InChI is InChI=1S/C31H26N2O5S/c1-36-27-17-16-23(28(31(34)35)29(27)37-2)30-33-25(22-10-6-7-11-26(22)38-30)18-24(32-33)19-12-14-21(15-13-19)39-20-8-4-3-5-9-20/h3-18,25,30,32H,1-2H3,(H,34,35)/p-1/t25-,30+/m1/s1.